The molecule has 7 nitrogen and oxygen atoms in total. The number of anilines is 1. The third-order valence-corrected chi connectivity index (χ3v) is 4.34. The van der Waals surface area contributed by atoms with Gasteiger partial charge in [0.25, 0.3) is 0 Å². The molecule has 0 aliphatic rings. The molecule has 2 aromatic rings. The Kier molecular flexibility index (Phi) is 10.9. The van der Waals surface area contributed by atoms with Crippen molar-refractivity contribution in [1.29, 1.82) is 0 Å². The summed E-state index contributed by atoms with van der Waals surface area (Å²) in [6.45, 7) is 4.25. The molecular formula is C22H30ClN3O4. The summed E-state index contributed by atoms with van der Waals surface area (Å²) in [5.41, 5.74) is 7.54. The standard InChI is InChI=1S/C22H29N3O4.ClH/c1-15(2)21(23)22(27)24-14-20(26)25-17-6-10-19(11-7-17)29-18-8-4-16(5-9-18)12-13-28-3;/h4-11,15,21H,12-14,23H2,1-3H3,(H,24,27)(H,25,26);1H/t21-;/m0./s1. The first-order valence-electron chi connectivity index (χ1n) is 9.58. The molecule has 4 N–H and O–H groups in total. The predicted octanol–water partition coefficient (Wildman–Crippen LogP) is 3.13. The summed E-state index contributed by atoms with van der Waals surface area (Å²) in [6.07, 6.45) is 0.856. The smallest absolute Gasteiger partial charge is 0.243 e. The fraction of sp³-hybridized carbons (Fsp3) is 0.364. The molecule has 2 amide bonds. The van der Waals surface area contributed by atoms with E-state index in [2.05, 4.69) is 10.6 Å². The Labute approximate surface area is 183 Å². The number of methoxy groups -OCH3 is 1. The van der Waals surface area contributed by atoms with Crippen molar-refractivity contribution < 1.29 is 19.1 Å². The van der Waals surface area contributed by atoms with Crippen LogP contribution in [0.4, 0.5) is 5.69 Å². The van der Waals surface area contributed by atoms with E-state index in [0.717, 1.165) is 12.2 Å². The summed E-state index contributed by atoms with van der Waals surface area (Å²) in [6, 6.07) is 14.2. The number of nitrogens with one attached hydrogen (secondary N) is 2. The van der Waals surface area contributed by atoms with Gasteiger partial charge >= 0.3 is 0 Å². The van der Waals surface area contributed by atoms with Crippen LogP contribution in [-0.4, -0.2) is 38.1 Å². The molecule has 0 aliphatic carbocycles. The Morgan fingerprint density at radius 1 is 1.00 bits per heavy atom. The number of ether oxygens (including phenoxy) is 2. The van der Waals surface area contributed by atoms with Crippen molar-refractivity contribution in [2.24, 2.45) is 11.7 Å². The van der Waals surface area contributed by atoms with Gasteiger partial charge in [0.05, 0.1) is 19.2 Å². The van der Waals surface area contributed by atoms with Crippen LogP contribution >= 0.6 is 12.4 Å². The van der Waals surface area contributed by atoms with Gasteiger partial charge in [0, 0.05) is 12.8 Å². The molecule has 1 atom stereocenters. The molecule has 0 fully saturated rings. The van der Waals surface area contributed by atoms with E-state index in [1.54, 1.807) is 31.4 Å². The van der Waals surface area contributed by atoms with E-state index in [0.29, 0.717) is 18.0 Å². The van der Waals surface area contributed by atoms with Crippen LogP contribution in [0, 0.1) is 5.92 Å². The van der Waals surface area contributed by atoms with Crippen molar-refractivity contribution in [2.45, 2.75) is 26.3 Å². The zero-order valence-electron chi connectivity index (χ0n) is 17.5. The minimum absolute atomic E-state index is 0. The fourth-order valence-corrected chi connectivity index (χ4v) is 2.48. The maximum atomic E-state index is 12.0. The number of hydrogen-bond acceptors (Lipinski definition) is 5. The number of carbonyl (C=O) groups excluding carboxylic acids is 2. The zero-order chi connectivity index (χ0) is 21.2. The number of benzene rings is 2. The topological polar surface area (TPSA) is 103 Å². The molecule has 8 heteroatoms. The summed E-state index contributed by atoms with van der Waals surface area (Å²) >= 11 is 0. The van der Waals surface area contributed by atoms with Gasteiger partial charge in [-0.1, -0.05) is 26.0 Å². The second kappa shape index (κ2) is 12.8. The molecule has 0 bridgehead atoms. The van der Waals surface area contributed by atoms with Gasteiger partial charge in [-0.15, -0.1) is 12.4 Å². The SMILES string of the molecule is COCCc1ccc(Oc2ccc(NC(=O)CNC(=O)[C@@H](N)C(C)C)cc2)cc1.Cl. The first-order valence-corrected chi connectivity index (χ1v) is 9.58. The summed E-state index contributed by atoms with van der Waals surface area (Å²) in [4.78, 5) is 23.8. The van der Waals surface area contributed by atoms with Crippen LogP contribution < -0.4 is 21.1 Å². The number of amides is 2. The second-order valence-corrected chi connectivity index (χ2v) is 7.05. The van der Waals surface area contributed by atoms with Gasteiger partial charge in [-0.25, -0.2) is 0 Å². The van der Waals surface area contributed by atoms with Crippen LogP contribution in [0.5, 0.6) is 11.5 Å². The van der Waals surface area contributed by atoms with Gasteiger partial charge in [-0.3, -0.25) is 9.59 Å². The predicted molar refractivity (Wildman–Crippen MR) is 120 cm³/mol. The van der Waals surface area contributed by atoms with E-state index < -0.39 is 6.04 Å². The van der Waals surface area contributed by atoms with Gasteiger partial charge in [-0.2, -0.15) is 0 Å². The maximum Gasteiger partial charge on any atom is 0.243 e. The lowest BCUT2D eigenvalue weighted by molar-refractivity contribution is -0.125. The third kappa shape index (κ3) is 8.41. The molecule has 0 aliphatic heterocycles. The highest BCUT2D eigenvalue weighted by Crippen LogP contribution is 2.23. The first-order chi connectivity index (χ1) is 13.9. The Balaban J connectivity index is 0.00000450. The quantitative estimate of drug-likeness (QED) is 0.532. The molecule has 2 aromatic carbocycles. The van der Waals surface area contributed by atoms with Gasteiger partial charge < -0.3 is 25.8 Å². The largest absolute Gasteiger partial charge is 0.457 e. The maximum absolute atomic E-state index is 12.0. The molecular weight excluding hydrogens is 406 g/mol. The van der Waals surface area contributed by atoms with Crippen LogP contribution in [0.25, 0.3) is 0 Å². The first kappa shape index (κ1) is 25.4. The summed E-state index contributed by atoms with van der Waals surface area (Å²) in [7, 11) is 1.68. The average molecular weight is 436 g/mol. The van der Waals surface area contributed by atoms with Crippen LogP contribution in [0.15, 0.2) is 48.5 Å². The van der Waals surface area contributed by atoms with Crippen molar-refractivity contribution in [3.63, 3.8) is 0 Å². The lowest BCUT2D eigenvalue weighted by Crippen LogP contribution is -2.46. The molecule has 0 aromatic heterocycles. The van der Waals surface area contributed by atoms with E-state index in [9.17, 15) is 9.59 Å². The normalized spacial score (nSPS) is 11.4. The van der Waals surface area contributed by atoms with Crippen molar-refractivity contribution in [1.82, 2.24) is 5.32 Å². The summed E-state index contributed by atoms with van der Waals surface area (Å²) in [5, 5.41) is 5.26. The van der Waals surface area contributed by atoms with E-state index >= 15 is 0 Å². The monoisotopic (exact) mass is 435 g/mol. The molecule has 0 spiro atoms. The lowest BCUT2D eigenvalue weighted by atomic mass is 10.1. The van der Waals surface area contributed by atoms with Crippen molar-refractivity contribution >= 4 is 29.9 Å². The molecule has 2 rings (SSSR count). The summed E-state index contributed by atoms with van der Waals surface area (Å²) in [5.74, 6) is 0.727. The molecule has 0 radical (unpaired) electrons. The minimum Gasteiger partial charge on any atom is -0.457 e. The Morgan fingerprint density at radius 2 is 1.57 bits per heavy atom. The number of nitrogens with two attached hydrogens (primary N) is 1. The van der Waals surface area contributed by atoms with Gasteiger partial charge in [0.1, 0.15) is 11.5 Å². The van der Waals surface area contributed by atoms with Gasteiger partial charge in [0.2, 0.25) is 11.8 Å². The van der Waals surface area contributed by atoms with Crippen LogP contribution in [0.1, 0.15) is 19.4 Å². The molecule has 0 saturated carbocycles. The van der Waals surface area contributed by atoms with Gasteiger partial charge in [0.15, 0.2) is 0 Å². The molecule has 164 valence electrons. The Bertz CT molecular complexity index is 795. The van der Waals surface area contributed by atoms with E-state index in [-0.39, 0.29) is 36.7 Å². The number of carbonyl (C=O) groups is 2. The number of halogens is 1. The Hall–Kier alpha value is -2.61. The van der Waals surface area contributed by atoms with Crippen molar-refractivity contribution in [2.75, 3.05) is 25.6 Å². The van der Waals surface area contributed by atoms with E-state index in [1.165, 1.54) is 5.56 Å². The highest BCUT2D eigenvalue weighted by atomic mass is 35.5. The molecule has 0 saturated heterocycles. The van der Waals surface area contributed by atoms with Crippen molar-refractivity contribution in [3.8, 4) is 11.5 Å². The molecule has 0 unspecified atom stereocenters. The van der Waals surface area contributed by atoms with E-state index in [4.69, 9.17) is 15.2 Å². The lowest BCUT2D eigenvalue weighted by Gasteiger charge is -2.15. The summed E-state index contributed by atoms with van der Waals surface area (Å²) < 4.78 is 10.9. The van der Waals surface area contributed by atoms with Gasteiger partial charge in [-0.05, 0) is 54.3 Å². The van der Waals surface area contributed by atoms with Crippen LogP contribution in [-0.2, 0) is 20.7 Å². The average Bonchev–Trinajstić information content (AvgIpc) is 2.72. The highest BCUT2D eigenvalue weighted by molar-refractivity contribution is 5.95. The third-order valence-electron chi connectivity index (χ3n) is 4.34. The molecule has 30 heavy (non-hydrogen) atoms. The zero-order valence-corrected chi connectivity index (χ0v) is 18.3. The number of rotatable bonds is 10. The van der Waals surface area contributed by atoms with E-state index in [1.807, 2.05) is 38.1 Å². The minimum atomic E-state index is -0.631. The van der Waals surface area contributed by atoms with Crippen LogP contribution in [0.3, 0.4) is 0 Å². The van der Waals surface area contributed by atoms with Crippen LogP contribution in [0.2, 0.25) is 0 Å². The number of hydrogen-bond donors (Lipinski definition) is 3. The second-order valence-electron chi connectivity index (χ2n) is 7.05. The van der Waals surface area contributed by atoms with Crippen molar-refractivity contribution in [3.05, 3.63) is 54.1 Å². The Morgan fingerprint density at radius 3 is 2.10 bits per heavy atom. The molecule has 0 heterocycles. The fourth-order valence-electron chi connectivity index (χ4n) is 2.48. The highest BCUT2D eigenvalue weighted by Gasteiger charge is 2.17.